The smallest absolute Gasteiger partial charge is 0.276 e. The summed E-state index contributed by atoms with van der Waals surface area (Å²) in [5, 5.41) is 3.54. The maximum absolute atomic E-state index is 13.7. The van der Waals surface area contributed by atoms with Gasteiger partial charge in [0.25, 0.3) is 5.92 Å². The maximum atomic E-state index is 13.7. The van der Waals surface area contributed by atoms with Crippen molar-refractivity contribution < 1.29 is 8.78 Å². The van der Waals surface area contributed by atoms with Gasteiger partial charge < -0.3 is 16.0 Å². The Kier molecular flexibility index (Phi) is 5.56. The summed E-state index contributed by atoms with van der Waals surface area (Å²) in [4.78, 5) is 12.7. The first kappa shape index (κ1) is 19.8. The van der Waals surface area contributed by atoms with Gasteiger partial charge in [0, 0.05) is 29.1 Å². The van der Waals surface area contributed by atoms with E-state index in [1.807, 2.05) is 49.0 Å². The van der Waals surface area contributed by atoms with E-state index in [1.165, 1.54) is 10.5 Å². The lowest BCUT2D eigenvalue weighted by atomic mass is 10.1. The van der Waals surface area contributed by atoms with Crippen LogP contribution >= 0.6 is 11.8 Å². The fourth-order valence-electron chi connectivity index (χ4n) is 3.29. The van der Waals surface area contributed by atoms with Gasteiger partial charge in [0.1, 0.15) is 5.82 Å². The van der Waals surface area contributed by atoms with E-state index in [9.17, 15) is 8.78 Å². The van der Waals surface area contributed by atoms with E-state index >= 15 is 0 Å². The number of hydrogen-bond acceptors (Lipinski definition) is 6. The third-order valence-electron chi connectivity index (χ3n) is 4.89. The highest BCUT2D eigenvalue weighted by molar-refractivity contribution is 7.99. The highest BCUT2D eigenvalue weighted by Gasteiger charge is 2.27. The molecule has 0 saturated carbocycles. The molecule has 2 heterocycles. The Balaban J connectivity index is 1.72. The SMILES string of the molecule is Cc1ccc2nc(N3CCSc4ccccc4C3)nc(NCC(F)(F)CN)c2c1. The molecule has 0 spiro atoms. The summed E-state index contributed by atoms with van der Waals surface area (Å²) in [5.41, 5.74) is 8.14. The summed E-state index contributed by atoms with van der Waals surface area (Å²) in [6, 6.07) is 14.1. The number of nitrogens with two attached hydrogens (primary N) is 1. The first-order valence-electron chi connectivity index (χ1n) is 9.51. The van der Waals surface area contributed by atoms with Crippen LogP contribution in [0.3, 0.4) is 0 Å². The Bertz CT molecular complexity index is 1030. The zero-order valence-corrected chi connectivity index (χ0v) is 17.0. The molecule has 1 aliphatic rings. The van der Waals surface area contributed by atoms with Crippen molar-refractivity contribution in [2.75, 3.05) is 35.6 Å². The Hall–Kier alpha value is -2.45. The van der Waals surface area contributed by atoms with Crippen LogP contribution in [0.25, 0.3) is 10.9 Å². The number of halogens is 2. The van der Waals surface area contributed by atoms with Crippen LogP contribution in [-0.4, -0.2) is 41.3 Å². The molecule has 0 atom stereocenters. The Morgan fingerprint density at radius 3 is 2.86 bits per heavy atom. The fourth-order valence-corrected chi connectivity index (χ4v) is 4.31. The van der Waals surface area contributed by atoms with Crippen LogP contribution in [0.15, 0.2) is 47.4 Å². The summed E-state index contributed by atoms with van der Waals surface area (Å²) in [7, 11) is 0. The minimum Gasteiger partial charge on any atom is -0.363 e. The maximum Gasteiger partial charge on any atom is 0.276 e. The fraction of sp³-hybridized carbons (Fsp3) is 0.333. The van der Waals surface area contributed by atoms with E-state index < -0.39 is 19.0 Å². The summed E-state index contributed by atoms with van der Waals surface area (Å²) in [5.74, 6) is -1.15. The van der Waals surface area contributed by atoms with Crippen molar-refractivity contribution in [3.63, 3.8) is 0 Å². The van der Waals surface area contributed by atoms with Gasteiger partial charge in [0.15, 0.2) is 0 Å². The van der Waals surface area contributed by atoms with Crippen molar-refractivity contribution in [2.24, 2.45) is 5.73 Å². The number of benzene rings is 2. The lowest BCUT2D eigenvalue weighted by Gasteiger charge is -2.23. The number of rotatable bonds is 5. The van der Waals surface area contributed by atoms with Crippen LogP contribution in [0.1, 0.15) is 11.1 Å². The van der Waals surface area contributed by atoms with Gasteiger partial charge in [-0.1, -0.05) is 29.8 Å². The normalized spacial score (nSPS) is 14.6. The highest BCUT2D eigenvalue weighted by Crippen LogP contribution is 2.31. The molecule has 0 fully saturated rings. The van der Waals surface area contributed by atoms with Gasteiger partial charge in [-0.05, 0) is 30.7 Å². The third kappa shape index (κ3) is 4.43. The Labute approximate surface area is 172 Å². The molecule has 0 aliphatic carbocycles. The van der Waals surface area contributed by atoms with Gasteiger partial charge in [-0.15, -0.1) is 11.8 Å². The molecule has 3 N–H and O–H groups in total. The van der Waals surface area contributed by atoms with Gasteiger partial charge in [0.05, 0.1) is 18.6 Å². The summed E-state index contributed by atoms with van der Waals surface area (Å²) >= 11 is 1.81. The number of aromatic nitrogens is 2. The molecular formula is C21H23F2N5S. The van der Waals surface area contributed by atoms with E-state index in [2.05, 4.69) is 27.3 Å². The van der Waals surface area contributed by atoms with Crippen molar-refractivity contribution in [3.05, 3.63) is 53.6 Å². The zero-order chi connectivity index (χ0) is 20.4. The van der Waals surface area contributed by atoms with Gasteiger partial charge in [0.2, 0.25) is 5.95 Å². The topological polar surface area (TPSA) is 67.1 Å². The van der Waals surface area contributed by atoms with Crippen LogP contribution in [-0.2, 0) is 6.54 Å². The number of aryl methyl sites for hydroxylation is 1. The van der Waals surface area contributed by atoms with Gasteiger partial charge in [-0.3, -0.25) is 0 Å². The van der Waals surface area contributed by atoms with E-state index in [1.54, 1.807) is 0 Å². The number of nitrogens with zero attached hydrogens (tertiary/aromatic N) is 3. The molecule has 8 heteroatoms. The molecule has 0 saturated heterocycles. The van der Waals surface area contributed by atoms with Gasteiger partial charge >= 0.3 is 0 Å². The number of alkyl halides is 2. The molecule has 29 heavy (non-hydrogen) atoms. The van der Waals surface area contributed by atoms with Crippen LogP contribution in [0.4, 0.5) is 20.5 Å². The molecule has 5 nitrogen and oxygen atoms in total. The van der Waals surface area contributed by atoms with Crippen molar-refractivity contribution in [1.29, 1.82) is 0 Å². The third-order valence-corrected chi connectivity index (χ3v) is 5.98. The molecule has 0 bridgehead atoms. The van der Waals surface area contributed by atoms with Crippen LogP contribution in [0, 0.1) is 6.92 Å². The molecule has 0 amide bonds. The second kappa shape index (κ2) is 8.12. The van der Waals surface area contributed by atoms with Crippen molar-refractivity contribution in [3.8, 4) is 0 Å². The van der Waals surface area contributed by atoms with Crippen LogP contribution < -0.4 is 16.0 Å². The second-order valence-corrected chi connectivity index (χ2v) is 8.32. The minimum atomic E-state index is -3.00. The van der Waals surface area contributed by atoms with Crippen molar-refractivity contribution in [2.45, 2.75) is 24.3 Å². The van der Waals surface area contributed by atoms with Gasteiger partial charge in [-0.25, -0.2) is 13.8 Å². The first-order chi connectivity index (χ1) is 13.9. The van der Waals surface area contributed by atoms with Crippen molar-refractivity contribution >= 4 is 34.4 Å². The quantitative estimate of drug-likeness (QED) is 0.655. The number of nitrogens with one attached hydrogen (secondary N) is 1. The summed E-state index contributed by atoms with van der Waals surface area (Å²) in [6.45, 7) is 2.12. The molecule has 4 rings (SSSR count). The molecule has 3 aromatic rings. The predicted octanol–water partition coefficient (Wildman–Crippen LogP) is 4.06. The van der Waals surface area contributed by atoms with E-state index in [-0.39, 0.29) is 0 Å². The standard InChI is InChI=1S/C21H23F2N5S/c1-14-6-7-17-16(10-14)19(25-13-21(22,23)12-24)27-20(26-17)28-8-9-29-18-5-3-2-4-15(18)11-28/h2-7,10H,8-9,11-13,24H2,1H3,(H,25,26,27). The highest BCUT2D eigenvalue weighted by atomic mass is 32.2. The zero-order valence-electron chi connectivity index (χ0n) is 16.2. The summed E-state index contributed by atoms with van der Waals surface area (Å²) < 4.78 is 27.5. The Morgan fingerprint density at radius 1 is 1.21 bits per heavy atom. The average Bonchev–Trinajstić information content (AvgIpc) is 2.94. The van der Waals surface area contributed by atoms with E-state index in [0.29, 0.717) is 18.3 Å². The molecular weight excluding hydrogens is 392 g/mol. The number of thioether (sulfide) groups is 1. The van der Waals surface area contributed by atoms with Crippen molar-refractivity contribution in [1.82, 2.24) is 9.97 Å². The Morgan fingerprint density at radius 2 is 2.03 bits per heavy atom. The molecule has 2 aromatic carbocycles. The second-order valence-electron chi connectivity index (χ2n) is 7.18. The lowest BCUT2D eigenvalue weighted by Crippen LogP contribution is -2.35. The molecule has 0 radical (unpaired) electrons. The lowest BCUT2D eigenvalue weighted by molar-refractivity contribution is 0.0253. The first-order valence-corrected chi connectivity index (χ1v) is 10.5. The number of anilines is 2. The predicted molar refractivity (Wildman–Crippen MR) is 115 cm³/mol. The largest absolute Gasteiger partial charge is 0.363 e. The monoisotopic (exact) mass is 415 g/mol. The molecule has 152 valence electrons. The summed E-state index contributed by atoms with van der Waals surface area (Å²) in [6.07, 6.45) is 0. The van der Waals surface area contributed by atoms with Crippen LogP contribution in [0.5, 0.6) is 0 Å². The minimum absolute atomic E-state index is 0.409. The van der Waals surface area contributed by atoms with Crippen LogP contribution in [0.2, 0.25) is 0 Å². The van der Waals surface area contributed by atoms with E-state index in [0.717, 1.165) is 28.8 Å². The molecule has 1 aliphatic heterocycles. The number of hydrogen-bond donors (Lipinski definition) is 2. The molecule has 1 aromatic heterocycles. The average molecular weight is 416 g/mol. The number of fused-ring (bicyclic) bond motifs is 2. The van der Waals surface area contributed by atoms with E-state index in [4.69, 9.17) is 10.7 Å². The molecule has 0 unspecified atom stereocenters. The van der Waals surface area contributed by atoms with Gasteiger partial charge in [-0.2, -0.15) is 4.98 Å².